The Hall–Kier alpha value is -0.370. The summed E-state index contributed by atoms with van der Waals surface area (Å²) in [5, 5.41) is 5.64. The molecule has 0 atom stereocenters. The lowest BCUT2D eigenvalue weighted by Gasteiger charge is -2.35. The molecule has 0 aliphatic carbocycles. The first-order valence-corrected chi connectivity index (χ1v) is 5.91. The average molecular weight is 353 g/mol. The largest absolute Gasteiger partial charge is 0.691 e. The molecule has 13 heteroatoms. The number of rotatable bonds is 10. The van der Waals surface area contributed by atoms with Crippen LogP contribution >= 0.6 is 12.0 Å². The maximum atomic E-state index is 13.0. The zero-order chi connectivity index (χ0) is 16.9. The molecular formula is C8H9F8O4S-. The van der Waals surface area contributed by atoms with E-state index < -0.39 is 41.9 Å². The van der Waals surface area contributed by atoms with E-state index in [1.165, 1.54) is 6.92 Å². The van der Waals surface area contributed by atoms with Gasteiger partial charge in [-0.3, -0.25) is 5.04 Å². The average Bonchev–Trinajstić information content (AvgIpc) is 2.35. The van der Waals surface area contributed by atoms with Crippen LogP contribution in [0.2, 0.25) is 0 Å². The van der Waals surface area contributed by atoms with Crippen molar-refractivity contribution in [3.05, 3.63) is 0 Å². The van der Waals surface area contributed by atoms with Crippen LogP contribution in [0.15, 0.2) is 0 Å². The Morgan fingerprint density at radius 3 is 1.90 bits per heavy atom. The van der Waals surface area contributed by atoms with Gasteiger partial charge in [-0.25, -0.2) is 0 Å². The highest BCUT2D eigenvalue weighted by Crippen LogP contribution is 2.56. The SMILES string of the molecule is CCCCOC(F)(F)C(F)(F)C(F)(F)C(F)(F)SOO[O-]. The smallest absolute Gasteiger partial charge is 0.426 e. The van der Waals surface area contributed by atoms with Crippen LogP contribution in [0.4, 0.5) is 35.1 Å². The Balaban J connectivity index is 5.24. The summed E-state index contributed by atoms with van der Waals surface area (Å²) < 4.78 is 110. The molecule has 0 aliphatic rings. The summed E-state index contributed by atoms with van der Waals surface area (Å²) in [5.74, 6) is -13.2. The monoisotopic (exact) mass is 353 g/mol. The lowest BCUT2D eigenvalue weighted by atomic mass is 10.1. The molecule has 0 amide bonds. The number of unbranched alkanes of at least 4 members (excludes halogenated alkanes) is 1. The number of hydrogen-bond donors (Lipinski definition) is 0. The normalized spacial score (nSPS) is 14.6. The van der Waals surface area contributed by atoms with Gasteiger partial charge in [-0.1, -0.05) is 13.3 Å². The second-order valence-electron chi connectivity index (χ2n) is 3.60. The Morgan fingerprint density at radius 1 is 0.952 bits per heavy atom. The Bertz CT molecular complexity index is 327. The van der Waals surface area contributed by atoms with Crippen molar-refractivity contribution < 1.29 is 54.5 Å². The third-order valence-electron chi connectivity index (χ3n) is 2.07. The van der Waals surface area contributed by atoms with Crippen LogP contribution in [0, 0.1) is 0 Å². The van der Waals surface area contributed by atoms with Gasteiger partial charge < -0.3 is 9.99 Å². The van der Waals surface area contributed by atoms with E-state index in [-0.39, 0.29) is 12.8 Å². The minimum atomic E-state index is -6.60. The summed E-state index contributed by atoms with van der Waals surface area (Å²) in [6.07, 6.45) is -5.85. The van der Waals surface area contributed by atoms with Crippen molar-refractivity contribution in [3.63, 3.8) is 0 Å². The lowest BCUT2D eigenvalue weighted by Crippen LogP contribution is -2.62. The summed E-state index contributed by atoms with van der Waals surface area (Å²) in [4.78, 5) is 0. The van der Waals surface area contributed by atoms with Gasteiger partial charge in [0.2, 0.25) is 0 Å². The Labute approximate surface area is 117 Å². The minimum absolute atomic E-state index is 0.185. The molecule has 0 saturated heterocycles. The molecular weight excluding hydrogens is 344 g/mol. The van der Waals surface area contributed by atoms with Gasteiger partial charge >= 0.3 is 23.2 Å². The summed E-state index contributed by atoms with van der Waals surface area (Å²) in [7, 11) is 0. The van der Waals surface area contributed by atoms with E-state index in [4.69, 9.17) is 0 Å². The third-order valence-corrected chi connectivity index (χ3v) is 2.66. The topological polar surface area (TPSA) is 50.8 Å². The molecule has 0 aromatic rings. The van der Waals surface area contributed by atoms with Crippen LogP contribution in [-0.4, -0.2) is 29.8 Å². The Kier molecular flexibility index (Phi) is 7.13. The second-order valence-corrected chi connectivity index (χ2v) is 4.42. The van der Waals surface area contributed by atoms with Crippen molar-refractivity contribution in [1.29, 1.82) is 0 Å². The van der Waals surface area contributed by atoms with Crippen molar-refractivity contribution in [2.45, 2.75) is 43.0 Å². The number of alkyl halides is 8. The quantitative estimate of drug-likeness (QED) is 0.199. The summed E-state index contributed by atoms with van der Waals surface area (Å²) in [6, 6.07) is 0. The van der Waals surface area contributed by atoms with Crippen molar-refractivity contribution in [2.75, 3.05) is 6.61 Å². The molecule has 0 aromatic carbocycles. The van der Waals surface area contributed by atoms with E-state index in [1.54, 1.807) is 0 Å². The number of hydrogen-bond acceptors (Lipinski definition) is 5. The fourth-order valence-electron chi connectivity index (χ4n) is 0.910. The van der Waals surface area contributed by atoms with E-state index in [9.17, 15) is 40.4 Å². The zero-order valence-electron chi connectivity index (χ0n) is 10.2. The molecule has 0 bridgehead atoms. The van der Waals surface area contributed by atoms with Gasteiger partial charge in [0.1, 0.15) is 12.0 Å². The molecule has 21 heavy (non-hydrogen) atoms. The first-order chi connectivity index (χ1) is 9.37. The van der Waals surface area contributed by atoms with Gasteiger partial charge in [-0.05, 0) is 6.42 Å². The van der Waals surface area contributed by atoms with Crippen LogP contribution in [0.1, 0.15) is 19.8 Å². The standard InChI is InChI=1S/C8H10F8O4S/c1-2-3-4-18-7(13,14)5(9,10)6(11,12)8(15,16)21-20-19-17/h17H,2-4H2,1H3/p-1. The summed E-state index contributed by atoms with van der Waals surface area (Å²) in [5.41, 5.74) is 0. The van der Waals surface area contributed by atoms with E-state index in [2.05, 4.69) is 14.1 Å². The van der Waals surface area contributed by atoms with Gasteiger partial charge in [-0.2, -0.15) is 39.5 Å². The molecule has 0 radical (unpaired) electrons. The fourth-order valence-corrected chi connectivity index (χ4v) is 1.26. The van der Waals surface area contributed by atoms with Crippen LogP contribution in [0.5, 0.6) is 0 Å². The highest BCUT2D eigenvalue weighted by atomic mass is 32.2. The highest BCUT2D eigenvalue weighted by Gasteiger charge is 2.82. The molecule has 0 aliphatic heterocycles. The van der Waals surface area contributed by atoms with Crippen molar-refractivity contribution in [3.8, 4) is 0 Å². The van der Waals surface area contributed by atoms with Gasteiger partial charge in [-0.15, -0.1) is 0 Å². The fraction of sp³-hybridized carbons (Fsp3) is 1.00. The van der Waals surface area contributed by atoms with Crippen LogP contribution < -0.4 is 5.26 Å². The molecule has 0 rings (SSSR count). The molecule has 0 heterocycles. The van der Waals surface area contributed by atoms with E-state index in [0.29, 0.717) is 0 Å². The zero-order valence-corrected chi connectivity index (χ0v) is 11.0. The van der Waals surface area contributed by atoms with E-state index in [1.807, 2.05) is 0 Å². The van der Waals surface area contributed by atoms with Crippen LogP contribution in [0.25, 0.3) is 0 Å². The maximum absolute atomic E-state index is 13.0. The predicted molar refractivity (Wildman–Crippen MR) is 50.4 cm³/mol. The highest BCUT2D eigenvalue weighted by molar-refractivity contribution is 7.95. The summed E-state index contributed by atoms with van der Waals surface area (Å²) >= 11 is -1.83. The number of halogens is 8. The number of ether oxygens (including phenoxy) is 1. The van der Waals surface area contributed by atoms with Crippen molar-refractivity contribution >= 4 is 12.0 Å². The molecule has 0 saturated carbocycles. The molecule has 0 fully saturated rings. The molecule has 0 aromatic heterocycles. The van der Waals surface area contributed by atoms with Crippen molar-refractivity contribution in [1.82, 2.24) is 0 Å². The first-order valence-electron chi connectivity index (χ1n) is 5.17. The summed E-state index contributed by atoms with van der Waals surface area (Å²) in [6.45, 7) is 0.410. The molecule has 128 valence electrons. The van der Waals surface area contributed by atoms with Crippen LogP contribution in [0.3, 0.4) is 0 Å². The van der Waals surface area contributed by atoms with Crippen molar-refractivity contribution in [2.24, 2.45) is 0 Å². The van der Waals surface area contributed by atoms with Gasteiger partial charge in [0.25, 0.3) is 0 Å². The molecule has 0 unspecified atom stereocenters. The molecule has 4 nitrogen and oxygen atoms in total. The maximum Gasteiger partial charge on any atom is 0.426 e. The minimum Gasteiger partial charge on any atom is -0.691 e. The van der Waals surface area contributed by atoms with Crippen LogP contribution in [-0.2, 0) is 14.1 Å². The first kappa shape index (κ1) is 20.6. The third kappa shape index (κ3) is 4.31. The van der Waals surface area contributed by atoms with E-state index in [0.717, 1.165) is 0 Å². The molecule has 0 N–H and O–H groups in total. The van der Waals surface area contributed by atoms with Gasteiger partial charge in [0, 0.05) is 0 Å². The predicted octanol–water partition coefficient (Wildman–Crippen LogP) is 3.13. The van der Waals surface area contributed by atoms with Gasteiger partial charge in [0.05, 0.1) is 6.61 Å². The lowest BCUT2D eigenvalue weighted by molar-refractivity contribution is -0.777. The van der Waals surface area contributed by atoms with E-state index >= 15 is 0 Å². The Morgan fingerprint density at radius 2 is 1.48 bits per heavy atom. The van der Waals surface area contributed by atoms with Gasteiger partial charge in [0.15, 0.2) is 0 Å². The second kappa shape index (κ2) is 7.26. The molecule has 0 spiro atoms.